The summed E-state index contributed by atoms with van der Waals surface area (Å²) in [5.74, 6) is 1.37. The summed E-state index contributed by atoms with van der Waals surface area (Å²) >= 11 is 0. The van der Waals surface area contributed by atoms with Gasteiger partial charge in [0, 0.05) is 29.4 Å². The highest BCUT2D eigenvalue weighted by molar-refractivity contribution is 5.90. The second kappa shape index (κ2) is 5.85. The summed E-state index contributed by atoms with van der Waals surface area (Å²) < 4.78 is 0. The molecule has 0 aliphatic rings. The number of pyridine rings is 1. The van der Waals surface area contributed by atoms with Crippen molar-refractivity contribution in [3.8, 4) is 11.4 Å². The van der Waals surface area contributed by atoms with Gasteiger partial charge < -0.3 is 10.4 Å². The van der Waals surface area contributed by atoms with Gasteiger partial charge in [0.25, 0.3) is 0 Å². The number of para-hydroxylation sites is 1. The number of fused-ring (bicyclic) bond motifs is 1. The number of anilines is 1. The minimum Gasteiger partial charge on any atom is -0.394 e. The molecule has 5 nitrogen and oxygen atoms in total. The molecule has 0 amide bonds. The highest BCUT2D eigenvalue weighted by Gasteiger charge is 2.10. The standard InChI is InChI=1S/C16H16N4O/c1-11(10-21)18-16-13-4-2-3-5-14(13)19-15(20-16)12-6-8-17-9-7-12/h2-9,11,21H,10H2,1H3,(H,18,19,20)/t11-/m1/s1. The lowest BCUT2D eigenvalue weighted by Gasteiger charge is -2.14. The fourth-order valence-electron chi connectivity index (χ4n) is 2.10. The first-order chi connectivity index (χ1) is 10.3. The molecular formula is C16H16N4O. The number of aliphatic hydroxyl groups is 1. The minimum absolute atomic E-state index is 0.0446. The maximum atomic E-state index is 9.24. The molecule has 0 saturated heterocycles. The molecule has 0 bridgehead atoms. The zero-order valence-electron chi connectivity index (χ0n) is 11.7. The molecule has 0 aliphatic heterocycles. The van der Waals surface area contributed by atoms with Gasteiger partial charge in [0.05, 0.1) is 12.1 Å². The highest BCUT2D eigenvalue weighted by atomic mass is 16.3. The van der Waals surface area contributed by atoms with E-state index in [1.807, 2.05) is 43.3 Å². The van der Waals surface area contributed by atoms with Gasteiger partial charge in [-0.15, -0.1) is 0 Å². The topological polar surface area (TPSA) is 70.9 Å². The van der Waals surface area contributed by atoms with E-state index in [0.29, 0.717) is 5.82 Å². The van der Waals surface area contributed by atoms with Gasteiger partial charge in [-0.05, 0) is 31.2 Å². The molecule has 106 valence electrons. The second-order valence-electron chi connectivity index (χ2n) is 4.88. The average Bonchev–Trinajstić information content (AvgIpc) is 2.55. The second-order valence-corrected chi connectivity index (χ2v) is 4.88. The van der Waals surface area contributed by atoms with Crippen molar-refractivity contribution in [2.45, 2.75) is 13.0 Å². The van der Waals surface area contributed by atoms with Crippen LogP contribution in [0.5, 0.6) is 0 Å². The Balaban J connectivity index is 2.15. The van der Waals surface area contributed by atoms with Crippen LogP contribution in [0.25, 0.3) is 22.3 Å². The molecule has 0 saturated carbocycles. The highest BCUT2D eigenvalue weighted by Crippen LogP contribution is 2.24. The van der Waals surface area contributed by atoms with Crippen LogP contribution in [0.2, 0.25) is 0 Å². The fourth-order valence-corrected chi connectivity index (χ4v) is 2.10. The third-order valence-electron chi connectivity index (χ3n) is 3.20. The van der Waals surface area contributed by atoms with Crippen molar-refractivity contribution in [3.63, 3.8) is 0 Å². The third-order valence-corrected chi connectivity index (χ3v) is 3.20. The van der Waals surface area contributed by atoms with Crippen LogP contribution in [-0.2, 0) is 0 Å². The van der Waals surface area contributed by atoms with Gasteiger partial charge >= 0.3 is 0 Å². The van der Waals surface area contributed by atoms with Crippen molar-refractivity contribution in [1.29, 1.82) is 0 Å². The van der Waals surface area contributed by atoms with Gasteiger partial charge in [-0.25, -0.2) is 9.97 Å². The van der Waals surface area contributed by atoms with Gasteiger partial charge in [-0.2, -0.15) is 0 Å². The first-order valence-electron chi connectivity index (χ1n) is 6.82. The average molecular weight is 280 g/mol. The van der Waals surface area contributed by atoms with E-state index in [4.69, 9.17) is 0 Å². The molecule has 1 aromatic carbocycles. The summed E-state index contributed by atoms with van der Waals surface area (Å²) in [6, 6.07) is 11.5. The van der Waals surface area contributed by atoms with Gasteiger partial charge in [0.2, 0.25) is 0 Å². The summed E-state index contributed by atoms with van der Waals surface area (Å²) in [7, 11) is 0. The Morgan fingerprint density at radius 1 is 1.10 bits per heavy atom. The number of aromatic nitrogens is 3. The number of nitrogens with zero attached hydrogens (tertiary/aromatic N) is 3. The third kappa shape index (κ3) is 2.83. The molecule has 0 unspecified atom stereocenters. The molecule has 1 atom stereocenters. The van der Waals surface area contributed by atoms with Crippen molar-refractivity contribution in [2.24, 2.45) is 0 Å². The quantitative estimate of drug-likeness (QED) is 0.768. The van der Waals surface area contributed by atoms with Crippen molar-refractivity contribution in [3.05, 3.63) is 48.8 Å². The molecule has 0 radical (unpaired) electrons. The van der Waals surface area contributed by atoms with Crippen LogP contribution >= 0.6 is 0 Å². The molecule has 2 aromatic heterocycles. The van der Waals surface area contributed by atoms with E-state index in [2.05, 4.69) is 20.3 Å². The summed E-state index contributed by atoms with van der Waals surface area (Å²) in [6.07, 6.45) is 3.44. The van der Waals surface area contributed by atoms with Crippen molar-refractivity contribution in [1.82, 2.24) is 15.0 Å². The van der Waals surface area contributed by atoms with E-state index in [1.165, 1.54) is 0 Å². The Kier molecular flexibility index (Phi) is 3.75. The summed E-state index contributed by atoms with van der Waals surface area (Å²) in [4.78, 5) is 13.2. The molecule has 0 spiro atoms. The van der Waals surface area contributed by atoms with Gasteiger partial charge in [-0.1, -0.05) is 12.1 Å². The smallest absolute Gasteiger partial charge is 0.162 e. The SMILES string of the molecule is C[C@H](CO)Nc1nc(-c2ccncc2)nc2ccccc12. The molecule has 0 aliphatic carbocycles. The number of hydrogen-bond acceptors (Lipinski definition) is 5. The Bertz CT molecular complexity index is 746. The number of aliphatic hydroxyl groups excluding tert-OH is 1. The molecule has 2 heterocycles. The van der Waals surface area contributed by atoms with Crippen molar-refractivity contribution < 1.29 is 5.11 Å². The maximum absolute atomic E-state index is 9.24. The minimum atomic E-state index is -0.0754. The van der Waals surface area contributed by atoms with E-state index in [-0.39, 0.29) is 12.6 Å². The molecule has 0 fully saturated rings. The van der Waals surface area contributed by atoms with Crippen molar-refractivity contribution >= 4 is 16.7 Å². The fraction of sp³-hybridized carbons (Fsp3) is 0.188. The van der Waals surface area contributed by atoms with Gasteiger partial charge in [0.15, 0.2) is 5.82 Å². The monoisotopic (exact) mass is 280 g/mol. The molecule has 3 rings (SSSR count). The Labute approximate surface area is 122 Å². The Morgan fingerprint density at radius 3 is 2.62 bits per heavy atom. The molecule has 21 heavy (non-hydrogen) atoms. The summed E-state index contributed by atoms with van der Waals surface area (Å²) in [6.45, 7) is 1.95. The van der Waals surface area contributed by atoms with Crippen LogP contribution < -0.4 is 5.32 Å². The van der Waals surface area contributed by atoms with Crippen LogP contribution in [-0.4, -0.2) is 32.7 Å². The van der Waals surface area contributed by atoms with E-state index in [9.17, 15) is 5.11 Å². The van der Waals surface area contributed by atoms with Crippen LogP contribution in [0.4, 0.5) is 5.82 Å². The van der Waals surface area contributed by atoms with Crippen LogP contribution in [0.1, 0.15) is 6.92 Å². The molecule has 2 N–H and O–H groups in total. The maximum Gasteiger partial charge on any atom is 0.162 e. The van der Waals surface area contributed by atoms with Gasteiger partial charge in [0.1, 0.15) is 5.82 Å². The molecule has 5 heteroatoms. The van der Waals surface area contributed by atoms with Crippen LogP contribution in [0.3, 0.4) is 0 Å². The lowest BCUT2D eigenvalue weighted by Crippen LogP contribution is -2.20. The van der Waals surface area contributed by atoms with E-state index >= 15 is 0 Å². The number of benzene rings is 1. The van der Waals surface area contributed by atoms with Gasteiger partial charge in [-0.3, -0.25) is 4.98 Å². The zero-order valence-corrected chi connectivity index (χ0v) is 11.7. The lowest BCUT2D eigenvalue weighted by molar-refractivity contribution is 0.281. The predicted molar refractivity (Wildman–Crippen MR) is 82.9 cm³/mol. The number of rotatable bonds is 4. The zero-order chi connectivity index (χ0) is 14.7. The number of nitrogens with one attached hydrogen (secondary N) is 1. The Morgan fingerprint density at radius 2 is 1.86 bits per heavy atom. The predicted octanol–water partition coefficient (Wildman–Crippen LogP) is 2.48. The first kappa shape index (κ1) is 13.5. The van der Waals surface area contributed by atoms with Crippen LogP contribution in [0, 0.1) is 0 Å². The summed E-state index contributed by atoms with van der Waals surface area (Å²) in [5, 5.41) is 13.4. The molecule has 3 aromatic rings. The normalized spacial score (nSPS) is 12.3. The van der Waals surface area contributed by atoms with Crippen LogP contribution in [0.15, 0.2) is 48.8 Å². The van der Waals surface area contributed by atoms with E-state index in [0.717, 1.165) is 22.3 Å². The lowest BCUT2D eigenvalue weighted by atomic mass is 10.2. The van der Waals surface area contributed by atoms with E-state index in [1.54, 1.807) is 12.4 Å². The van der Waals surface area contributed by atoms with Crippen molar-refractivity contribution in [2.75, 3.05) is 11.9 Å². The first-order valence-corrected chi connectivity index (χ1v) is 6.82. The van der Waals surface area contributed by atoms with E-state index < -0.39 is 0 Å². The summed E-state index contributed by atoms with van der Waals surface area (Å²) in [5.41, 5.74) is 1.78. The number of hydrogen-bond donors (Lipinski definition) is 2. The Hall–Kier alpha value is -2.53. The molecular weight excluding hydrogens is 264 g/mol. The largest absolute Gasteiger partial charge is 0.394 e.